The summed E-state index contributed by atoms with van der Waals surface area (Å²) in [6, 6.07) is 9.04. The average Bonchev–Trinajstić information content (AvgIpc) is 3.06. The fraction of sp³-hybridized carbons (Fsp3) is 0.273. The largest absolute Gasteiger partial charge is 1.00 e. The molecule has 1 atom stereocenters. The summed E-state index contributed by atoms with van der Waals surface area (Å²) in [7, 11) is 0. The van der Waals surface area contributed by atoms with Crippen molar-refractivity contribution in [3.05, 3.63) is 87.5 Å². The molecular formula is C22H19F2KN2O2S. The van der Waals surface area contributed by atoms with Crippen molar-refractivity contribution < 1.29 is 70.1 Å². The zero-order chi connectivity index (χ0) is 20.5. The van der Waals surface area contributed by atoms with Crippen LogP contribution in [0.25, 0.3) is 0 Å². The Balaban J connectivity index is 0.00000256. The van der Waals surface area contributed by atoms with E-state index in [1.54, 1.807) is 12.1 Å². The fourth-order valence-corrected chi connectivity index (χ4v) is 4.32. The quantitative estimate of drug-likeness (QED) is 0.422. The number of carbonyl (C=O) groups is 1. The summed E-state index contributed by atoms with van der Waals surface area (Å²) < 4.78 is 32.2. The SMILES string of the molecule is O=C([O-])c1ccc(CCn2ccn([C@H]3CCc4c(F)cc(F)cc4C3)c2=S)cc1.[K+]. The number of aromatic nitrogens is 2. The van der Waals surface area contributed by atoms with Crippen LogP contribution in [0.3, 0.4) is 0 Å². The number of nitrogens with zero attached hydrogens (tertiary/aromatic N) is 2. The van der Waals surface area contributed by atoms with Gasteiger partial charge in [0.05, 0.1) is 5.97 Å². The van der Waals surface area contributed by atoms with E-state index in [9.17, 15) is 18.7 Å². The number of aryl methyl sites for hydroxylation is 2. The Morgan fingerprint density at radius 3 is 2.60 bits per heavy atom. The molecule has 0 radical (unpaired) electrons. The van der Waals surface area contributed by atoms with Crippen molar-refractivity contribution in [2.45, 2.75) is 38.3 Å². The maximum Gasteiger partial charge on any atom is 1.00 e. The van der Waals surface area contributed by atoms with E-state index >= 15 is 0 Å². The molecule has 0 amide bonds. The molecule has 0 bridgehead atoms. The first-order valence-corrected chi connectivity index (χ1v) is 9.87. The molecule has 1 heterocycles. The van der Waals surface area contributed by atoms with Crippen molar-refractivity contribution in [2.24, 2.45) is 0 Å². The van der Waals surface area contributed by atoms with E-state index in [1.165, 1.54) is 18.2 Å². The van der Waals surface area contributed by atoms with E-state index in [2.05, 4.69) is 0 Å². The summed E-state index contributed by atoms with van der Waals surface area (Å²) in [4.78, 5) is 10.8. The van der Waals surface area contributed by atoms with Crippen LogP contribution in [0.4, 0.5) is 8.78 Å². The van der Waals surface area contributed by atoms with Gasteiger partial charge in [0.15, 0.2) is 4.77 Å². The Morgan fingerprint density at radius 1 is 1.17 bits per heavy atom. The molecule has 0 unspecified atom stereocenters. The van der Waals surface area contributed by atoms with E-state index in [1.807, 2.05) is 21.5 Å². The third-order valence-electron chi connectivity index (χ3n) is 5.53. The van der Waals surface area contributed by atoms with Gasteiger partial charge in [-0.25, -0.2) is 8.78 Å². The van der Waals surface area contributed by atoms with Crippen LogP contribution < -0.4 is 56.5 Å². The predicted molar refractivity (Wildman–Crippen MR) is 105 cm³/mol. The molecule has 0 saturated carbocycles. The van der Waals surface area contributed by atoms with Gasteiger partial charge < -0.3 is 19.0 Å². The molecule has 150 valence electrons. The Bertz CT molecular complexity index is 1130. The number of carboxylic acids is 1. The van der Waals surface area contributed by atoms with Gasteiger partial charge in [-0.15, -0.1) is 0 Å². The second kappa shape index (κ2) is 9.97. The van der Waals surface area contributed by atoms with Crippen molar-refractivity contribution in [3.8, 4) is 0 Å². The Morgan fingerprint density at radius 2 is 1.90 bits per heavy atom. The molecule has 8 heteroatoms. The van der Waals surface area contributed by atoms with Crippen LogP contribution in [-0.2, 0) is 25.8 Å². The monoisotopic (exact) mass is 452 g/mol. The van der Waals surface area contributed by atoms with Gasteiger partial charge in [-0.1, -0.05) is 24.3 Å². The van der Waals surface area contributed by atoms with Crippen LogP contribution in [-0.4, -0.2) is 15.1 Å². The summed E-state index contributed by atoms with van der Waals surface area (Å²) >= 11 is 5.62. The Hall–Kier alpha value is -1.16. The number of hydrogen-bond donors (Lipinski definition) is 0. The van der Waals surface area contributed by atoms with E-state index in [4.69, 9.17) is 12.2 Å². The van der Waals surface area contributed by atoms with Crippen LogP contribution in [0.1, 0.15) is 39.5 Å². The minimum absolute atomic E-state index is 0. The topological polar surface area (TPSA) is 50.0 Å². The molecule has 1 aromatic heterocycles. The number of fused-ring (bicyclic) bond motifs is 1. The number of carbonyl (C=O) groups excluding carboxylic acids is 1. The van der Waals surface area contributed by atoms with E-state index < -0.39 is 17.6 Å². The van der Waals surface area contributed by atoms with E-state index in [0.29, 0.717) is 41.7 Å². The van der Waals surface area contributed by atoms with Crippen molar-refractivity contribution in [1.82, 2.24) is 9.13 Å². The van der Waals surface area contributed by atoms with Gasteiger partial charge in [-0.05, 0) is 66.2 Å². The maximum atomic E-state index is 14.0. The van der Waals surface area contributed by atoms with Gasteiger partial charge in [-0.3, -0.25) is 0 Å². The van der Waals surface area contributed by atoms with Gasteiger partial charge in [-0.2, -0.15) is 0 Å². The second-order valence-electron chi connectivity index (χ2n) is 7.34. The number of hydrogen-bond acceptors (Lipinski definition) is 3. The maximum absolute atomic E-state index is 14.0. The predicted octanol–water partition coefficient (Wildman–Crippen LogP) is 0.637. The number of rotatable bonds is 5. The molecule has 3 aromatic rings. The zero-order valence-electron chi connectivity index (χ0n) is 16.6. The molecule has 0 saturated heterocycles. The van der Waals surface area contributed by atoms with Crippen molar-refractivity contribution in [2.75, 3.05) is 0 Å². The van der Waals surface area contributed by atoms with Gasteiger partial charge in [0.2, 0.25) is 0 Å². The van der Waals surface area contributed by atoms with Crippen molar-refractivity contribution in [3.63, 3.8) is 0 Å². The normalized spacial score (nSPS) is 15.3. The summed E-state index contributed by atoms with van der Waals surface area (Å²) in [6.45, 7) is 0.656. The Labute approximate surface area is 221 Å². The van der Waals surface area contributed by atoms with Gasteiger partial charge >= 0.3 is 51.4 Å². The summed E-state index contributed by atoms with van der Waals surface area (Å²) in [6.07, 6.45) is 6.40. The van der Waals surface area contributed by atoms with Gasteiger partial charge in [0.25, 0.3) is 0 Å². The second-order valence-corrected chi connectivity index (χ2v) is 7.70. The molecule has 4 rings (SSSR count). The van der Waals surface area contributed by atoms with Crippen molar-refractivity contribution in [1.29, 1.82) is 0 Å². The van der Waals surface area contributed by atoms with Crippen LogP contribution in [0.5, 0.6) is 0 Å². The summed E-state index contributed by atoms with van der Waals surface area (Å²) in [5.74, 6) is -2.21. The molecule has 0 N–H and O–H groups in total. The Kier molecular flexibility index (Phi) is 7.81. The number of aromatic carboxylic acids is 1. The average molecular weight is 453 g/mol. The standard InChI is InChI=1S/C22H20F2N2O2S.K/c23-17-11-16-12-18(5-6-19(16)20(24)13-17)26-10-9-25(22(26)29)8-7-14-1-3-15(4-2-14)21(27)28;/h1-4,9-11,13,18H,5-8,12H2,(H,27,28);/q;+1/p-1/t18-;/m0./s1. The van der Waals surface area contributed by atoms with Gasteiger partial charge in [0, 0.05) is 31.0 Å². The molecule has 0 aliphatic heterocycles. The van der Waals surface area contributed by atoms with Crippen LogP contribution in [0.2, 0.25) is 0 Å². The first-order chi connectivity index (χ1) is 13.9. The van der Waals surface area contributed by atoms with Crippen molar-refractivity contribution >= 4 is 18.2 Å². The van der Waals surface area contributed by atoms with E-state index in [-0.39, 0.29) is 63.0 Å². The number of benzene rings is 2. The zero-order valence-corrected chi connectivity index (χ0v) is 20.5. The van der Waals surface area contributed by atoms with Crippen LogP contribution >= 0.6 is 12.2 Å². The molecule has 1 aliphatic carbocycles. The summed E-state index contributed by atoms with van der Waals surface area (Å²) in [5, 5.41) is 10.8. The molecule has 4 nitrogen and oxygen atoms in total. The van der Waals surface area contributed by atoms with Crippen LogP contribution in [0.15, 0.2) is 48.8 Å². The summed E-state index contributed by atoms with van der Waals surface area (Å²) in [5.41, 5.74) is 2.47. The van der Waals surface area contributed by atoms with Crippen LogP contribution in [0, 0.1) is 16.4 Å². The first kappa shape index (κ1) is 23.5. The third kappa shape index (κ3) is 5.00. The number of imidazole rings is 1. The first-order valence-electron chi connectivity index (χ1n) is 9.46. The van der Waals surface area contributed by atoms with Gasteiger partial charge in [0.1, 0.15) is 11.6 Å². The minimum atomic E-state index is -1.19. The van der Waals surface area contributed by atoms with E-state index in [0.717, 1.165) is 18.1 Å². The molecular weight excluding hydrogens is 433 g/mol. The fourth-order valence-electron chi connectivity index (χ4n) is 3.96. The molecule has 2 aromatic carbocycles. The third-order valence-corrected chi connectivity index (χ3v) is 5.98. The molecule has 30 heavy (non-hydrogen) atoms. The number of carboxylic acid groups (broad SMARTS) is 1. The number of halogens is 2. The molecule has 1 aliphatic rings. The minimum Gasteiger partial charge on any atom is -0.545 e. The molecule has 0 fully saturated rings. The smallest absolute Gasteiger partial charge is 0.545 e. The molecule has 0 spiro atoms.